The van der Waals surface area contributed by atoms with Gasteiger partial charge in [0.2, 0.25) is 16.0 Å². The molecule has 0 saturated heterocycles. The molecule has 0 saturated carbocycles. The third kappa shape index (κ3) is 2.89. The molecule has 0 unspecified atom stereocenters. The first-order valence-electron chi connectivity index (χ1n) is 5.97. The van der Waals surface area contributed by atoms with E-state index in [-0.39, 0.29) is 4.90 Å². The molecule has 0 spiro atoms. The number of nitriles is 1. The Balaban J connectivity index is 2.31. The lowest BCUT2D eigenvalue weighted by molar-refractivity contribution is 0.383. The van der Waals surface area contributed by atoms with E-state index >= 15 is 0 Å². The van der Waals surface area contributed by atoms with Gasteiger partial charge >= 0.3 is 0 Å². The van der Waals surface area contributed by atoms with Crippen LogP contribution in [0.15, 0.2) is 28.1 Å². The highest BCUT2D eigenvalue weighted by molar-refractivity contribution is 7.89. The first kappa shape index (κ1) is 14.3. The summed E-state index contributed by atoms with van der Waals surface area (Å²) < 4.78 is 22.8. The van der Waals surface area contributed by atoms with Gasteiger partial charge in [-0.3, -0.25) is 10.3 Å². The molecule has 1 aliphatic rings. The highest BCUT2D eigenvalue weighted by Gasteiger charge is 2.20. The van der Waals surface area contributed by atoms with Crippen LogP contribution < -0.4 is 10.5 Å². The van der Waals surface area contributed by atoms with Crippen molar-refractivity contribution in [2.24, 2.45) is 10.1 Å². The molecule has 106 valence electrons. The van der Waals surface area contributed by atoms with Crippen LogP contribution in [0.5, 0.6) is 0 Å². The predicted molar refractivity (Wildman–Crippen MR) is 74.0 cm³/mol. The van der Waals surface area contributed by atoms with Crippen molar-refractivity contribution in [1.82, 2.24) is 10.2 Å². The Morgan fingerprint density at radius 2 is 2.25 bits per heavy atom. The van der Waals surface area contributed by atoms with Crippen LogP contribution >= 0.6 is 0 Å². The van der Waals surface area contributed by atoms with Gasteiger partial charge in [0.05, 0.1) is 4.90 Å². The van der Waals surface area contributed by atoms with Gasteiger partial charge in [-0.15, -0.1) is 0 Å². The van der Waals surface area contributed by atoms with E-state index in [0.717, 1.165) is 17.5 Å². The lowest BCUT2D eigenvalue weighted by Gasteiger charge is -2.30. The van der Waals surface area contributed by atoms with Gasteiger partial charge in [0.1, 0.15) is 0 Å². The Bertz CT molecular complexity index is 690. The number of benzene rings is 1. The first-order valence-corrected chi connectivity index (χ1v) is 7.52. The van der Waals surface area contributed by atoms with Crippen molar-refractivity contribution in [3.8, 4) is 6.19 Å². The van der Waals surface area contributed by atoms with Gasteiger partial charge in [-0.1, -0.05) is 6.07 Å². The molecule has 0 aromatic heterocycles. The van der Waals surface area contributed by atoms with Gasteiger partial charge in [0.25, 0.3) is 0 Å². The number of aliphatic imine (C=N–C) groups is 1. The summed E-state index contributed by atoms with van der Waals surface area (Å²) in [4.78, 5) is 6.00. The minimum Gasteiger partial charge on any atom is -0.338 e. The Morgan fingerprint density at radius 3 is 2.85 bits per heavy atom. The number of nitrogens with one attached hydrogen (secondary N) is 1. The Labute approximate surface area is 117 Å². The summed E-state index contributed by atoms with van der Waals surface area (Å²) >= 11 is 0. The average Bonchev–Trinajstić information content (AvgIpc) is 2.42. The van der Waals surface area contributed by atoms with Crippen molar-refractivity contribution in [2.45, 2.75) is 17.9 Å². The van der Waals surface area contributed by atoms with Gasteiger partial charge < -0.3 is 4.90 Å². The maximum atomic E-state index is 11.4. The van der Waals surface area contributed by atoms with Gasteiger partial charge in [0.15, 0.2) is 6.19 Å². The topological polar surface area (TPSA) is 112 Å². The summed E-state index contributed by atoms with van der Waals surface area (Å²) in [6.45, 7) is 1.20. The molecule has 0 atom stereocenters. The van der Waals surface area contributed by atoms with E-state index < -0.39 is 10.0 Å². The number of hydrogen-bond donors (Lipinski definition) is 2. The standard InChI is InChI=1S/C12H15N5O2S/c1-15-12(16-8-13)17-5-4-9-2-3-11(20(14,18)19)6-10(9)7-17/h2-3,6H,4-5,7H2,1H3,(H,15,16)(H2,14,18,19). The third-order valence-corrected chi connectivity index (χ3v) is 4.11. The molecule has 20 heavy (non-hydrogen) atoms. The summed E-state index contributed by atoms with van der Waals surface area (Å²) in [5.74, 6) is 0.471. The number of sulfonamides is 1. The lowest BCUT2D eigenvalue weighted by Crippen LogP contribution is -2.42. The molecule has 0 aliphatic carbocycles. The SMILES string of the molecule is CN=C(NC#N)N1CCc2ccc(S(N)(=O)=O)cc2C1. The molecule has 7 nitrogen and oxygen atoms in total. The third-order valence-electron chi connectivity index (χ3n) is 3.20. The van der Waals surface area contributed by atoms with E-state index in [1.165, 1.54) is 6.07 Å². The number of rotatable bonds is 1. The summed E-state index contributed by atoms with van der Waals surface area (Å²) in [5, 5.41) is 16.3. The van der Waals surface area contributed by atoms with Crippen molar-refractivity contribution in [3.63, 3.8) is 0 Å². The van der Waals surface area contributed by atoms with Gasteiger partial charge in [0, 0.05) is 20.1 Å². The molecular formula is C12H15N5O2S. The fourth-order valence-electron chi connectivity index (χ4n) is 2.22. The van der Waals surface area contributed by atoms with Crippen molar-refractivity contribution >= 4 is 16.0 Å². The molecule has 1 aromatic carbocycles. The van der Waals surface area contributed by atoms with Crippen LogP contribution in [0.25, 0.3) is 0 Å². The van der Waals surface area contributed by atoms with Crippen LogP contribution in [-0.4, -0.2) is 32.9 Å². The lowest BCUT2D eigenvalue weighted by atomic mass is 10.0. The van der Waals surface area contributed by atoms with E-state index in [4.69, 9.17) is 10.4 Å². The number of primary sulfonamides is 1. The Kier molecular flexibility index (Phi) is 3.92. The highest BCUT2D eigenvalue weighted by atomic mass is 32.2. The van der Waals surface area contributed by atoms with Crippen LogP contribution in [0.4, 0.5) is 0 Å². The summed E-state index contributed by atoms with van der Waals surface area (Å²) in [6, 6.07) is 4.88. The largest absolute Gasteiger partial charge is 0.338 e. The zero-order chi connectivity index (χ0) is 14.8. The monoisotopic (exact) mass is 293 g/mol. The van der Waals surface area contributed by atoms with Crippen LogP contribution in [0.3, 0.4) is 0 Å². The van der Waals surface area contributed by atoms with Crippen LogP contribution in [-0.2, 0) is 23.0 Å². The minimum absolute atomic E-state index is 0.0985. The second-order valence-electron chi connectivity index (χ2n) is 4.43. The van der Waals surface area contributed by atoms with Crippen LogP contribution in [0, 0.1) is 11.5 Å². The zero-order valence-corrected chi connectivity index (χ0v) is 11.8. The van der Waals surface area contributed by atoms with E-state index in [1.807, 2.05) is 11.1 Å². The second-order valence-corrected chi connectivity index (χ2v) is 5.99. The van der Waals surface area contributed by atoms with E-state index in [0.29, 0.717) is 19.0 Å². The maximum Gasteiger partial charge on any atom is 0.238 e. The number of hydrogen-bond acceptors (Lipinski definition) is 4. The van der Waals surface area contributed by atoms with Crippen LogP contribution in [0.2, 0.25) is 0 Å². The first-order chi connectivity index (χ1) is 9.45. The Morgan fingerprint density at radius 1 is 1.50 bits per heavy atom. The second kappa shape index (κ2) is 5.48. The van der Waals surface area contributed by atoms with Gasteiger partial charge in [-0.25, -0.2) is 13.6 Å². The van der Waals surface area contributed by atoms with Crippen molar-refractivity contribution in [3.05, 3.63) is 29.3 Å². The summed E-state index contributed by atoms with van der Waals surface area (Å²) in [5.41, 5.74) is 1.96. The molecule has 0 bridgehead atoms. The molecule has 0 fully saturated rings. The molecule has 0 radical (unpaired) electrons. The molecule has 2 rings (SSSR count). The normalized spacial score (nSPS) is 15.4. The predicted octanol–water partition coefficient (Wildman–Crippen LogP) is -0.251. The number of fused-ring (bicyclic) bond motifs is 1. The fourth-order valence-corrected chi connectivity index (χ4v) is 2.78. The van der Waals surface area contributed by atoms with Gasteiger partial charge in [-0.05, 0) is 29.7 Å². The number of guanidine groups is 1. The maximum absolute atomic E-state index is 11.4. The average molecular weight is 293 g/mol. The van der Waals surface area contributed by atoms with E-state index in [9.17, 15) is 8.42 Å². The van der Waals surface area contributed by atoms with Crippen molar-refractivity contribution < 1.29 is 8.42 Å². The molecule has 1 heterocycles. The number of nitrogens with zero attached hydrogens (tertiary/aromatic N) is 3. The van der Waals surface area contributed by atoms with E-state index in [2.05, 4.69) is 10.3 Å². The minimum atomic E-state index is -3.71. The van der Waals surface area contributed by atoms with Crippen molar-refractivity contribution in [1.29, 1.82) is 5.26 Å². The summed E-state index contributed by atoms with van der Waals surface area (Å²) in [6.07, 6.45) is 2.59. The zero-order valence-electron chi connectivity index (χ0n) is 11.0. The molecular weight excluding hydrogens is 278 g/mol. The molecule has 0 amide bonds. The van der Waals surface area contributed by atoms with Crippen molar-refractivity contribution in [2.75, 3.05) is 13.6 Å². The van der Waals surface area contributed by atoms with Gasteiger partial charge in [-0.2, -0.15) is 5.26 Å². The van der Waals surface area contributed by atoms with Crippen LogP contribution in [0.1, 0.15) is 11.1 Å². The highest BCUT2D eigenvalue weighted by Crippen LogP contribution is 2.22. The molecule has 1 aliphatic heterocycles. The fraction of sp³-hybridized carbons (Fsp3) is 0.333. The smallest absolute Gasteiger partial charge is 0.238 e. The molecule has 8 heteroatoms. The molecule has 1 aromatic rings. The number of nitrogens with two attached hydrogens (primary N) is 1. The summed E-state index contributed by atoms with van der Waals surface area (Å²) in [7, 11) is -2.11. The van der Waals surface area contributed by atoms with E-state index in [1.54, 1.807) is 19.2 Å². The molecule has 3 N–H and O–H groups in total. The quantitative estimate of drug-likeness (QED) is 0.321. The Hall–Kier alpha value is -2.11.